The molecular formula is C21H34N2O3. The number of nitriles is 1. The van der Waals surface area contributed by atoms with Crippen molar-refractivity contribution in [3.63, 3.8) is 0 Å². The Balaban J connectivity index is 0.00000194. The van der Waals surface area contributed by atoms with Crippen LogP contribution in [0.1, 0.15) is 52.5 Å². The highest BCUT2D eigenvalue weighted by atomic mass is 16.5. The number of nitrogens with one attached hydrogen (secondary N) is 1. The zero-order valence-corrected chi connectivity index (χ0v) is 17.3. The second-order valence-electron chi connectivity index (χ2n) is 6.86. The first-order valence-corrected chi connectivity index (χ1v) is 9.08. The molecular weight excluding hydrogens is 328 g/mol. The van der Waals surface area contributed by atoms with Crippen LogP contribution in [0.4, 0.5) is 0 Å². The number of esters is 1. The van der Waals surface area contributed by atoms with Crippen LogP contribution in [0.25, 0.3) is 0 Å². The van der Waals surface area contributed by atoms with Crippen molar-refractivity contribution in [2.24, 2.45) is 5.41 Å². The highest BCUT2D eigenvalue weighted by molar-refractivity contribution is 5.70. The minimum atomic E-state index is -0.775. The van der Waals surface area contributed by atoms with E-state index in [9.17, 15) is 10.1 Å². The van der Waals surface area contributed by atoms with Crippen LogP contribution in [-0.2, 0) is 14.9 Å². The van der Waals surface area contributed by atoms with Crippen LogP contribution in [0, 0.1) is 16.7 Å². The summed E-state index contributed by atoms with van der Waals surface area (Å²) < 4.78 is 10.4. The zero-order valence-electron chi connectivity index (χ0n) is 17.3. The zero-order chi connectivity index (χ0) is 20.2. The van der Waals surface area contributed by atoms with Crippen LogP contribution in [0.15, 0.2) is 24.3 Å². The summed E-state index contributed by atoms with van der Waals surface area (Å²) in [5.41, 5.74) is -0.449. The second kappa shape index (κ2) is 11.5. The van der Waals surface area contributed by atoms with Gasteiger partial charge in [-0.05, 0) is 50.6 Å². The molecule has 1 unspecified atom stereocenters. The van der Waals surface area contributed by atoms with E-state index >= 15 is 0 Å². The molecule has 0 aromatic heterocycles. The smallest absolute Gasteiger partial charge is 0.306 e. The quantitative estimate of drug-likeness (QED) is 0.706. The second-order valence-corrected chi connectivity index (χ2v) is 6.86. The Morgan fingerprint density at radius 1 is 1.27 bits per heavy atom. The lowest BCUT2D eigenvalue weighted by atomic mass is 9.59. The van der Waals surface area contributed by atoms with Crippen LogP contribution in [0.5, 0.6) is 5.75 Å². The van der Waals surface area contributed by atoms with Gasteiger partial charge in [0.15, 0.2) is 0 Å². The first kappa shape index (κ1) is 23.9. The van der Waals surface area contributed by atoms with E-state index in [1.54, 1.807) is 14.0 Å². The van der Waals surface area contributed by atoms with Gasteiger partial charge in [0.1, 0.15) is 5.75 Å². The molecule has 26 heavy (non-hydrogen) atoms. The number of hydrogen-bond acceptors (Lipinski definition) is 5. The first-order chi connectivity index (χ1) is 12.3. The van der Waals surface area contributed by atoms with Gasteiger partial charge in [-0.1, -0.05) is 39.3 Å². The Morgan fingerprint density at radius 3 is 2.35 bits per heavy atom. The molecule has 0 bridgehead atoms. The lowest BCUT2D eigenvalue weighted by molar-refractivity contribution is -0.146. The van der Waals surface area contributed by atoms with Crippen LogP contribution >= 0.6 is 0 Å². The van der Waals surface area contributed by atoms with E-state index in [4.69, 9.17) is 9.47 Å². The van der Waals surface area contributed by atoms with Gasteiger partial charge in [-0.15, -0.1) is 0 Å². The van der Waals surface area contributed by atoms with Gasteiger partial charge in [0, 0.05) is 0 Å². The van der Waals surface area contributed by atoms with E-state index in [1.165, 1.54) is 0 Å². The van der Waals surface area contributed by atoms with E-state index in [2.05, 4.69) is 11.4 Å². The predicted octanol–water partition coefficient (Wildman–Crippen LogP) is 4.07. The van der Waals surface area contributed by atoms with E-state index < -0.39 is 10.8 Å². The molecule has 0 saturated heterocycles. The number of methoxy groups -OCH3 is 1. The third kappa shape index (κ3) is 6.03. The van der Waals surface area contributed by atoms with E-state index in [-0.39, 0.29) is 12.4 Å². The number of benzene rings is 1. The van der Waals surface area contributed by atoms with Crippen molar-refractivity contribution < 1.29 is 14.3 Å². The molecule has 0 aliphatic rings. The van der Waals surface area contributed by atoms with Gasteiger partial charge >= 0.3 is 5.97 Å². The minimum absolute atomic E-state index is 0.200. The SMILES string of the molecule is CCCC(C#N)(c1cccc(OC)c1)C(C)(C)CC(=O)OCC.CNC. The van der Waals surface area contributed by atoms with Gasteiger partial charge in [-0.25, -0.2) is 0 Å². The molecule has 1 N–H and O–H groups in total. The van der Waals surface area contributed by atoms with E-state index in [0.29, 0.717) is 18.8 Å². The normalized spacial score (nSPS) is 12.8. The van der Waals surface area contributed by atoms with Gasteiger partial charge in [0.2, 0.25) is 0 Å². The summed E-state index contributed by atoms with van der Waals surface area (Å²) in [7, 11) is 5.36. The first-order valence-electron chi connectivity index (χ1n) is 9.08. The number of carbonyl (C=O) groups is 1. The molecule has 0 heterocycles. The summed E-state index contributed by atoms with van der Waals surface area (Å²) in [6.45, 7) is 8.11. The fourth-order valence-corrected chi connectivity index (χ4v) is 3.13. The molecule has 0 aliphatic heterocycles. The Labute approximate surface area is 158 Å². The Hall–Kier alpha value is -2.06. The molecule has 1 aromatic rings. The monoisotopic (exact) mass is 362 g/mol. The van der Waals surface area contributed by atoms with Crippen LogP contribution in [0.3, 0.4) is 0 Å². The van der Waals surface area contributed by atoms with Gasteiger partial charge in [-0.2, -0.15) is 5.26 Å². The summed E-state index contributed by atoms with van der Waals surface area (Å²) in [6, 6.07) is 10.1. The van der Waals surface area contributed by atoms with Crippen molar-refractivity contribution >= 4 is 5.97 Å². The average Bonchev–Trinajstić information content (AvgIpc) is 2.60. The maximum absolute atomic E-state index is 12.0. The molecule has 1 aromatic carbocycles. The molecule has 1 rings (SSSR count). The lowest BCUT2D eigenvalue weighted by Gasteiger charge is -2.42. The predicted molar refractivity (Wildman–Crippen MR) is 105 cm³/mol. The molecule has 0 radical (unpaired) electrons. The summed E-state index contributed by atoms with van der Waals surface area (Å²) in [5, 5.41) is 12.8. The molecule has 1 atom stereocenters. The van der Waals surface area contributed by atoms with Crippen molar-refractivity contribution in [1.82, 2.24) is 5.32 Å². The molecule has 0 aliphatic carbocycles. The summed E-state index contributed by atoms with van der Waals surface area (Å²) >= 11 is 0. The number of carbonyl (C=O) groups excluding carboxylic acids is 1. The van der Waals surface area contributed by atoms with Crippen LogP contribution in [-0.4, -0.2) is 33.8 Å². The maximum atomic E-state index is 12.0. The lowest BCUT2D eigenvalue weighted by Crippen LogP contribution is -2.42. The van der Waals surface area contributed by atoms with Crippen molar-refractivity contribution in [3.05, 3.63) is 29.8 Å². The van der Waals surface area contributed by atoms with Crippen LogP contribution in [0.2, 0.25) is 0 Å². The van der Waals surface area contributed by atoms with Gasteiger partial charge in [0.25, 0.3) is 0 Å². The Bertz CT molecular complexity index is 593. The fourth-order valence-electron chi connectivity index (χ4n) is 3.13. The van der Waals surface area contributed by atoms with Crippen LogP contribution < -0.4 is 10.1 Å². The number of ether oxygens (including phenoxy) is 2. The van der Waals surface area contributed by atoms with E-state index in [0.717, 1.165) is 12.0 Å². The fraction of sp³-hybridized carbons (Fsp3) is 0.619. The summed E-state index contributed by atoms with van der Waals surface area (Å²) in [4.78, 5) is 12.0. The standard InChI is InChI=1S/C19H27NO3.C2H7N/c1-6-11-19(14-20,15-9-8-10-16(12-15)22-5)18(3,4)13-17(21)23-7-2;1-3-2/h8-10,12H,6-7,11,13H2,1-5H3;3H,1-2H3. The maximum Gasteiger partial charge on any atom is 0.306 e. The largest absolute Gasteiger partial charge is 0.497 e. The van der Waals surface area contributed by atoms with Gasteiger partial charge in [0.05, 0.1) is 31.6 Å². The highest BCUT2D eigenvalue weighted by Crippen LogP contribution is 2.48. The highest BCUT2D eigenvalue weighted by Gasteiger charge is 2.47. The molecule has 0 fully saturated rings. The topological polar surface area (TPSA) is 71.3 Å². The van der Waals surface area contributed by atoms with Gasteiger partial charge < -0.3 is 14.8 Å². The van der Waals surface area contributed by atoms with Crippen molar-refractivity contribution in [2.75, 3.05) is 27.8 Å². The molecule has 5 nitrogen and oxygen atoms in total. The molecule has 0 amide bonds. The van der Waals surface area contributed by atoms with Crippen molar-refractivity contribution in [2.45, 2.75) is 52.4 Å². The Kier molecular flexibility index (Phi) is 10.6. The van der Waals surface area contributed by atoms with E-state index in [1.807, 2.05) is 59.1 Å². The van der Waals surface area contributed by atoms with Gasteiger partial charge in [-0.3, -0.25) is 4.79 Å². The molecule has 0 spiro atoms. The average molecular weight is 363 g/mol. The number of rotatable bonds is 8. The minimum Gasteiger partial charge on any atom is -0.497 e. The number of nitrogens with zero attached hydrogens (tertiary/aromatic N) is 1. The van der Waals surface area contributed by atoms with Crippen molar-refractivity contribution in [3.8, 4) is 11.8 Å². The molecule has 146 valence electrons. The molecule has 5 heteroatoms. The third-order valence-corrected chi connectivity index (χ3v) is 4.43. The third-order valence-electron chi connectivity index (χ3n) is 4.43. The summed E-state index contributed by atoms with van der Waals surface area (Å²) in [5.74, 6) is 0.446. The number of hydrogen-bond donors (Lipinski definition) is 1. The molecule has 0 saturated carbocycles. The van der Waals surface area contributed by atoms with Crippen molar-refractivity contribution in [1.29, 1.82) is 5.26 Å². The summed E-state index contributed by atoms with van der Waals surface area (Å²) in [6.07, 6.45) is 1.71. The Morgan fingerprint density at radius 2 is 1.88 bits per heavy atom.